The maximum Gasteiger partial charge on any atom is 0.225 e. The first-order chi connectivity index (χ1) is 12.0. The summed E-state index contributed by atoms with van der Waals surface area (Å²) in [6.45, 7) is 6.31. The summed E-state index contributed by atoms with van der Waals surface area (Å²) in [5.41, 5.74) is 6.02. The number of amides is 2. The highest BCUT2D eigenvalue weighted by atomic mass is 16.2. The molecule has 0 aromatic carbocycles. The lowest BCUT2D eigenvalue weighted by atomic mass is 9.71. The Morgan fingerprint density at radius 1 is 1.12 bits per heavy atom. The monoisotopic (exact) mass is 351 g/mol. The summed E-state index contributed by atoms with van der Waals surface area (Å²) in [6, 6.07) is 0.205. The molecule has 2 fully saturated rings. The van der Waals surface area contributed by atoms with E-state index in [2.05, 4.69) is 19.2 Å². The molecule has 0 aromatic heterocycles. The second kappa shape index (κ2) is 9.56. The first kappa shape index (κ1) is 20.2. The van der Waals surface area contributed by atoms with E-state index >= 15 is 0 Å². The van der Waals surface area contributed by atoms with Crippen molar-refractivity contribution < 1.29 is 9.59 Å². The van der Waals surface area contributed by atoms with Crippen LogP contribution in [0.2, 0.25) is 0 Å². The number of piperidine rings is 1. The molecule has 0 aromatic rings. The van der Waals surface area contributed by atoms with Crippen LogP contribution in [0.5, 0.6) is 0 Å². The minimum absolute atomic E-state index is 0.0223. The predicted molar refractivity (Wildman–Crippen MR) is 101 cm³/mol. The van der Waals surface area contributed by atoms with Crippen molar-refractivity contribution in [2.75, 3.05) is 19.6 Å². The highest BCUT2D eigenvalue weighted by Crippen LogP contribution is 2.38. The molecule has 1 aliphatic heterocycles. The van der Waals surface area contributed by atoms with Gasteiger partial charge in [-0.1, -0.05) is 33.1 Å². The van der Waals surface area contributed by atoms with Gasteiger partial charge < -0.3 is 16.0 Å². The van der Waals surface area contributed by atoms with Gasteiger partial charge in [0.05, 0.1) is 0 Å². The number of carbonyl (C=O) groups excluding carboxylic acids is 2. The number of hydrogen-bond donors (Lipinski definition) is 2. The highest BCUT2D eigenvalue weighted by molar-refractivity contribution is 5.79. The molecule has 0 spiro atoms. The number of likely N-dealkylation sites (tertiary alicyclic amines) is 1. The normalized spacial score (nSPS) is 21.4. The molecular weight excluding hydrogens is 314 g/mol. The van der Waals surface area contributed by atoms with Gasteiger partial charge in [-0.25, -0.2) is 0 Å². The number of rotatable bonds is 7. The number of nitrogens with zero attached hydrogens (tertiary/aromatic N) is 1. The van der Waals surface area contributed by atoms with Gasteiger partial charge in [-0.2, -0.15) is 0 Å². The Morgan fingerprint density at radius 2 is 1.72 bits per heavy atom. The summed E-state index contributed by atoms with van der Waals surface area (Å²) in [6.07, 6.45) is 9.95. The minimum atomic E-state index is 0.0223. The van der Waals surface area contributed by atoms with E-state index in [0.717, 1.165) is 51.6 Å². The summed E-state index contributed by atoms with van der Waals surface area (Å²) in [5.74, 6) is 0.595. The zero-order chi connectivity index (χ0) is 18.3. The van der Waals surface area contributed by atoms with E-state index in [1.165, 1.54) is 19.3 Å². The van der Waals surface area contributed by atoms with Gasteiger partial charge in [-0.15, -0.1) is 0 Å². The molecule has 0 radical (unpaired) electrons. The summed E-state index contributed by atoms with van der Waals surface area (Å²) in [7, 11) is 0. The Morgan fingerprint density at radius 3 is 2.24 bits per heavy atom. The van der Waals surface area contributed by atoms with Crippen molar-refractivity contribution in [2.24, 2.45) is 17.1 Å². The van der Waals surface area contributed by atoms with Crippen molar-refractivity contribution in [3.05, 3.63) is 0 Å². The molecule has 1 saturated carbocycles. The quantitative estimate of drug-likeness (QED) is 0.740. The second-order valence-corrected chi connectivity index (χ2v) is 8.12. The van der Waals surface area contributed by atoms with Gasteiger partial charge in [0, 0.05) is 31.5 Å². The first-order valence-corrected chi connectivity index (χ1v) is 10.3. The van der Waals surface area contributed by atoms with E-state index in [0.29, 0.717) is 18.9 Å². The molecule has 0 unspecified atom stereocenters. The van der Waals surface area contributed by atoms with Gasteiger partial charge >= 0.3 is 0 Å². The van der Waals surface area contributed by atoms with Gasteiger partial charge in [0.2, 0.25) is 11.8 Å². The van der Waals surface area contributed by atoms with Crippen LogP contribution in [0.15, 0.2) is 0 Å². The maximum absolute atomic E-state index is 12.5. The Bertz CT molecular complexity index is 434. The number of hydrogen-bond acceptors (Lipinski definition) is 3. The van der Waals surface area contributed by atoms with Crippen molar-refractivity contribution in [3.8, 4) is 0 Å². The molecule has 2 amide bonds. The largest absolute Gasteiger partial charge is 0.353 e. The SMILES string of the molecule is CCC(CC)C(=O)N1CCC(NC(=O)CC2(CN)CCCCC2)CC1. The molecule has 2 aliphatic rings. The fourth-order valence-electron chi connectivity index (χ4n) is 4.51. The van der Waals surface area contributed by atoms with Crippen LogP contribution in [0.4, 0.5) is 0 Å². The fourth-order valence-corrected chi connectivity index (χ4v) is 4.51. The molecule has 0 bridgehead atoms. The highest BCUT2D eigenvalue weighted by Gasteiger charge is 2.34. The Hall–Kier alpha value is -1.10. The molecule has 3 N–H and O–H groups in total. The third kappa shape index (κ3) is 5.44. The van der Waals surface area contributed by atoms with Gasteiger partial charge in [0.15, 0.2) is 0 Å². The van der Waals surface area contributed by atoms with Crippen molar-refractivity contribution in [1.29, 1.82) is 0 Å². The van der Waals surface area contributed by atoms with Crippen LogP contribution in [-0.2, 0) is 9.59 Å². The van der Waals surface area contributed by atoms with Gasteiger partial charge in [0.25, 0.3) is 0 Å². The number of nitrogens with two attached hydrogens (primary N) is 1. The van der Waals surface area contributed by atoms with Crippen LogP contribution in [0.1, 0.15) is 78.1 Å². The lowest BCUT2D eigenvalue weighted by Crippen LogP contribution is -2.49. The average Bonchev–Trinajstić information content (AvgIpc) is 2.64. The molecule has 1 aliphatic carbocycles. The third-order valence-electron chi connectivity index (χ3n) is 6.39. The average molecular weight is 352 g/mol. The third-order valence-corrected chi connectivity index (χ3v) is 6.39. The molecule has 1 heterocycles. The molecule has 25 heavy (non-hydrogen) atoms. The summed E-state index contributed by atoms with van der Waals surface area (Å²) < 4.78 is 0. The van der Waals surface area contributed by atoms with Gasteiger partial charge in [-0.05, 0) is 50.5 Å². The van der Waals surface area contributed by atoms with Crippen LogP contribution < -0.4 is 11.1 Å². The smallest absolute Gasteiger partial charge is 0.225 e. The van der Waals surface area contributed by atoms with Crippen LogP contribution in [0, 0.1) is 11.3 Å². The van der Waals surface area contributed by atoms with Gasteiger partial charge in [-0.3, -0.25) is 9.59 Å². The Labute approximate surface area is 153 Å². The van der Waals surface area contributed by atoms with Gasteiger partial charge in [0.1, 0.15) is 0 Å². The minimum Gasteiger partial charge on any atom is -0.353 e. The van der Waals surface area contributed by atoms with E-state index in [1.807, 2.05) is 4.90 Å². The Balaban J connectivity index is 1.77. The Kier molecular flexibility index (Phi) is 7.73. The van der Waals surface area contributed by atoms with E-state index in [-0.39, 0.29) is 23.3 Å². The van der Waals surface area contributed by atoms with Crippen molar-refractivity contribution in [2.45, 2.75) is 84.1 Å². The standard InChI is InChI=1S/C20H37N3O2/c1-3-16(4-2)19(25)23-12-8-17(9-13-23)22-18(24)14-20(15-21)10-6-5-7-11-20/h16-17H,3-15,21H2,1-2H3,(H,22,24). The lowest BCUT2D eigenvalue weighted by Gasteiger charge is -2.37. The van der Waals surface area contributed by atoms with Crippen molar-refractivity contribution >= 4 is 11.8 Å². The molecule has 0 atom stereocenters. The first-order valence-electron chi connectivity index (χ1n) is 10.3. The number of nitrogens with one attached hydrogen (secondary N) is 1. The summed E-state index contributed by atoms with van der Waals surface area (Å²) in [5, 5.41) is 3.21. The van der Waals surface area contributed by atoms with Crippen LogP contribution in [-0.4, -0.2) is 42.4 Å². The van der Waals surface area contributed by atoms with Crippen molar-refractivity contribution in [3.63, 3.8) is 0 Å². The topological polar surface area (TPSA) is 75.4 Å². The predicted octanol–water partition coefficient (Wildman–Crippen LogP) is 2.83. The van der Waals surface area contributed by atoms with E-state index in [4.69, 9.17) is 5.73 Å². The van der Waals surface area contributed by atoms with Crippen molar-refractivity contribution in [1.82, 2.24) is 10.2 Å². The molecule has 5 nitrogen and oxygen atoms in total. The fraction of sp³-hybridized carbons (Fsp3) is 0.900. The summed E-state index contributed by atoms with van der Waals surface area (Å²) >= 11 is 0. The number of carbonyl (C=O) groups is 2. The zero-order valence-corrected chi connectivity index (χ0v) is 16.2. The van der Waals surface area contributed by atoms with E-state index in [9.17, 15) is 9.59 Å². The van der Waals surface area contributed by atoms with E-state index in [1.54, 1.807) is 0 Å². The van der Waals surface area contributed by atoms with E-state index < -0.39 is 0 Å². The van der Waals surface area contributed by atoms with Crippen LogP contribution in [0.3, 0.4) is 0 Å². The van der Waals surface area contributed by atoms with Crippen LogP contribution in [0.25, 0.3) is 0 Å². The molecule has 1 saturated heterocycles. The molecule has 5 heteroatoms. The molecular formula is C20H37N3O2. The maximum atomic E-state index is 12.5. The summed E-state index contributed by atoms with van der Waals surface area (Å²) in [4.78, 5) is 27.0. The molecule has 2 rings (SSSR count). The molecule has 144 valence electrons. The second-order valence-electron chi connectivity index (χ2n) is 8.12. The lowest BCUT2D eigenvalue weighted by molar-refractivity contribution is -0.137. The zero-order valence-electron chi connectivity index (χ0n) is 16.2. The van der Waals surface area contributed by atoms with Crippen LogP contribution >= 0.6 is 0 Å².